The van der Waals surface area contributed by atoms with Crippen molar-refractivity contribution in [1.82, 2.24) is 10.0 Å². The molecule has 0 aliphatic carbocycles. The summed E-state index contributed by atoms with van der Waals surface area (Å²) in [7, 11) is -4.00. The van der Waals surface area contributed by atoms with Crippen LogP contribution in [0.3, 0.4) is 0 Å². The average molecular weight is 362 g/mol. The first-order valence-corrected chi connectivity index (χ1v) is 9.53. The summed E-state index contributed by atoms with van der Waals surface area (Å²) in [6, 6.07) is 13.3. The van der Waals surface area contributed by atoms with Gasteiger partial charge in [-0.3, -0.25) is 0 Å². The summed E-state index contributed by atoms with van der Waals surface area (Å²) in [5, 5.41) is 2.42. The monoisotopic (exact) mass is 362 g/mol. The molecule has 0 atom stereocenters. The third kappa shape index (κ3) is 4.80. The highest BCUT2D eigenvalue weighted by atomic mass is 32.2. The number of carbonyl (C=O) groups excluding carboxylic acids is 1. The molecular weight excluding hydrogens is 340 g/mol. The molecule has 0 saturated carbocycles. The lowest BCUT2D eigenvalue weighted by molar-refractivity contribution is 0.134. The Morgan fingerprint density at radius 2 is 1.64 bits per heavy atom. The molecule has 25 heavy (non-hydrogen) atoms. The van der Waals surface area contributed by atoms with Crippen LogP contribution >= 0.6 is 0 Å². The van der Waals surface area contributed by atoms with Crippen molar-refractivity contribution in [3.63, 3.8) is 0 Å². The van der Waals surface area contributed by atoms with Crippen LogP contribution in [0, 0.1) is 0 Å². The molecule has 2 rings (SSSR count). The summed E-state index contributed by atoms with van der Waals surface area (Å²) in [4.78, 5) is 11.7. The minimum Gasteiger partial charge on any atom is -0.377 e. The molecule has 0 aromatic heterocycles. The number of urea groups is 1. The highest BCUT2D eigenvalue weighted by molar-refractivity contribution is 7.90. The number of ether oxygens (including phenoxy) is 1. The van der Waals surface area contributed by atoms with Gasteiger partial charge in [-0.15, -0.1) is 0 Å². The van der Waals surface area contributed by atoms with E-state index in [1.54, 1.807) is 25.1 Å². The predicted octanol–water partition coefficient (Wildman–Crippen LogP) is 2.90. The second kappa shape index (κ2) is 8.64. The van der Waals surface area contributed by atoms with Gasteiger partial charge < -0.3 is 10.1 Å². The number of nitrogens with one attached hydrogen (secondary N) is 2. The van der Waals surface area contributed by atoms with Crippen molar-refractivity contribution in [2.45, 2.75) is 25.3 Å². The van der Waals surface area contributed by atoms with Crippen LogP contribution in [0.1, 0.15) is 19.4 Å². The molecule has 0 radical (unpaired) electrons. The molecule has 2 aromatic carbocycles. The molecule has 0 heterocycles. The van der Waals surface area contributed by atoms with Gasteiger partial charge >= 0.3 is 6.03 Å². The summed E-state index contributed by atoms with van der Waals surface area (Å²) in [6.45, 7) is 4.89. The number of rotatable bonds is 7. The van der Waals surface area contributed by atoms with E-state index in [9.17, 15) is 13.2 Å². The van der Waals surface area contributed by atoms with Gasteiger partial charge in [0.15, 0.2) is 0 Å². The van der Waals surface area contributed by atoms with E-state index in [4.69, 9.17) is 4.74 Å². The molecule has 2 N–H and O–H groups in total. The van der Waals surface area contributed by atoms with Gasteiger partial charge in [-0.05, 0) is 31.0 Å². The van der Waals surface area contributed by atoms with E-state index in [1.165, 1.54) is 6.07 Å². The predicted molar refractivity (Wildman–Crippen MR) is 96.6 cm³/mol. The van der Waals surface area contributed by atoms with Gasteiger partial charge in [-0.1, -0.05) is 42.5 Å². The van der Waals surface area contributed by atoms with E-state index in [1.807, 2.05) is 35.9 Å². The first-order valence-electron chi connectivity index (χ1n) is 8.05. The molecule has 134 valence electrons. The van der Waals surface area contributed by atoms with Crippen LogP contribution in [0.2, 0.25) is 0 Å². The van der Waals surface area contributed by atoms with E-state index in [2.05, 4.69) is 5.32 Å². The Kier molecular flexibility index (Phi) is 6.55. The molecule has 7 heteroatoms. The van der Waals surface area contributed by atoms with Crippen molar-refractivity contribution in [3.05, 3.63) is 54.1 Å². The van der Waals surface area contributed by atoms with Crippen molar-refractivity contribution in [1.29, 1.82) is 0 Å². The largest absolute Gasteiger partial charge is 0.377 e. The van der Waals surface area contributed by atoms with Gasteiger partial charge in [0.2, 0.25) is 0 Å². The smallest absolute Gasteiger partial charge is 0.328 e. The fourth-order valence-corrected chi connectivity index (χ4v) is 3.57. The van der Waals surface area contributed by atoms with Crippen molar-refractivity contribution in [3.8, 4) is 11.1 Å². The van der Waals surface area contributed by atoms with Crippen LogP contribution < -0.4 is 10.0 Å². The van der Waals surface area contributed by atoms with Crippen LogP contribution in [0.4, 0.5) is 4.79 Å². The molecule has 6 nitrogen and oxygen atoms in total. The van der Waals surface area contributed by atoms with E-state index in [-0.39, 0.29) is 4.90 Å². The maximum absolute atomic E-state index is 12.6. The maximum atomic E-state index is 12.6. The number of carbonyl (C=O) groups is 1. The van der Waals surface area contributed by atoms with Crippen LogP contribution in [0.15, 0.2) is 53.4 Å². The minimum atomic E-state index is -4.00. The number of amides is 2. The molecule has 0 bridgehead atoms. The van der Waals surface area contributed by atoms with Crippen molar-refractivity contribution < 1.29 is 17.9 Å². The minimum absolute atomic E-state index is 0.0465. The molecule has 0 spiro atoms. The van der Waals surface area contributed by atoms with Crippen molar-refractivity contribution >= 4 is 16.1 Å². The molecular formula is C18H22N2O4S. The molecule has 0 unspecified atom stereocenters. The molecule has 2 amide bonds. The standard InChI is InChI=1S/C18H22N2O4S/c1-3-19-18(21)20-25(22,23)17-12-8-7-11-16(17)15-10-6-5-9-14(15)13-24-4-2/h5-12H,3-4,13H2,1-2H3,(H2,19,20,21). The molecule has 0 aliphatic rings. The summed E-state index contributed by atoms with van der Waals surface area (Å²) in [5.41, 5.74) is 2.16. The number of hydrogen-bond donors (Lipinski definition) is 2. The zero-order chi connectivity index (χ0) is 18.3. The highest BCUT2D eigenvalue weighted by Gasteiger charge is 2.22. The number of hydrogen-bond acceptors (Lipinski definition) is 4. The van der Waals surface area contributed by atoms with E-state index < -0.39 is 16.1 Å². The normalized spacial score (nSPS) is 11.1. The van der Waals surface area contributed by atoms with E-state index in [0.29, 0.717) is 25.3 Å². The lowest BCUT2D eigenvalue weighted by atomic mass is 10.0. The highest BCUT2D eigenvalue weighted by Crippen LogP contribution is 2.30. The molecule has 0 saturated heterocycles. The second-order valence-corrected chi connectivity index (χ2v) is 6.91. The second-order valence-electron chi connectivity index (χ2n) is 5.26. The summed E-state index contributed by atoms with van der Waals surface area (Å²) in [5.74, 6) is 0. The quantitative estimate of drug-likeness (QED) is 0.793. The van der Waals surface area contributed by atoms with Gasteiger partial charge in [0.25, 0.3) is 10.0 Å². The third-order valence-electron chi connectivity index (χ3n) is 3.51. The first kappa shape index (κ1) is 19.0. The Labute approximate surface area is 148 Å². The summed E-state index contributed by atoms with van der Waals surface area (Å²) < 4.78 is 32.8. The summed E-state index contributed by atoms with van der Waals surface area (Å²) in [6.07, 6.45) is 0. The van der Waals surface area contributed by atoms with Gasteiger partial charge in [0, 0.05) is 18.7 Å². The first-order chi connectivity index (χ1) is 12.0. The van der Waals surface area contributed by atoms with Crippen LogP contribution in [-0.4, -0.2) is 27.6 Å². The SMILES string of the molecule is CCNC(=O)NS(=O)(=O)c1ccccc1-c1ccccc1COCC. The maximum Gasteiger partial charge on any atom is 0.328 e. The van der Waals surface area contributed by atoms with Gasteiger partial charge in [-0.25, -0.2) is 17.9 Å². The van der Waals surface area contributed by atoms with Crippen molar-refractivity contribution in [2.75, 3.05) is 13.2 Å². The Morgan fingerprint density at radius 3 is 2.32 bits per heavy atom. The van der Waals surface area contributed by atoms with Gasteiger partial charge in [0.05, 0.1) is 11.5 Å². The molecule has 0 fully saturated rings. The molecule has 0 aliphatic heterocycles. The van der Waals surface area contributed by atoms with E-state index in [0.717, 1.165) is 11.1 Å². The zero-order valence-corrected chi connectivity index (χ0v) is 15.1. The number of benzene rings is 2. The Balaban J connectivity index is 2.47. The molecule has 2 aromatic rings. The topological polar surface area (TPSA) is 84.5 Å². The van der Waals surface area contributed by atoms with Crippen LogP contribution in [0.25, 0.3) is 11.1 Å². The lowest BCUT2D eigenvalue weighted by Crippen LogP contribution is -2.39. The Hall–Kier alpha value is -2.38. The van der Waals surface area contributed by atoms with Crippen LogP contribution in [-0.2, 0) is 21.4 Å². The number of sulfonamides is 1. The van der Waals surface area contributed by atoms with Crippen LogP contribution in [0.5, 0.6) is 0 Å². The third-order valence-corrected chi connectivity index (χ3v) is 4.90. The van der Waals surface area contributed by atoms with Gasteiger partial charge in [0.1, 0.15) is 0 Å². The van der Waals surface area contributed by atoms with Crippen molar-refractivity contribution in [2.24, 2.45) is 0 Å². The Morgan fingerprint density at radius 1 is 1.00 bits per heavy atom. The van der Waals surface area contributed by atoms with Gasteiger partial charge in [-0.2, -0.15) is 0 Å². The zero-order valence-electron chi connectivity index (χ0n) is 14.3. The fourth-order valence-electron chi connectivity index (χ4n) is 2.42. The summed E-state index contributed by atoms with van der Waals surface area (Å²) >= 11 is 0. The Bertz CT molecular complexity index is 834. The fraction of sp³-hybridized carbons (Fsp3) is 0.278. The average Bonchev–Trinajstić information content (AvgIpc) is 2.60. The van der Waals surface area contributed by atoms with E-state index >= 15 is 0 Å². The lowest BCUT2D eigenvalue weighted by Gasteiger charge is -2.15.